The summed E-state index contributed by atoms with van der Waals surface area (Å²) >= 11 is 7.07. The summed E-state index contributed by atoms with van der Waals surface area (Å²) in [6.45, 7) is 6.19. The molecule has 2 N–H and O–H groups in total. The fourth-order valence-corrected chi connectivity index (χ4v) is 6.40. The maximum Gasteiger partial charge on any atom is 0.258 e. The van der Waals surface area contributed by atoms with Gasteiger partial charge in [0.05, 0.1) is 28.4 Å². The molecule has 1 atom stereocenters. The number of nitrogens with one attached hydrogen (secondary N) is 2. The van der Waals surface area contributed by atoms with Gasteiger partial charge in [0, 0.05) is 15.8 Å². The number of anilines is 1. The van der Waals surface area contributed by atoms with E-state index in [1.807, 2.05) is 62.4 Å². The van der Waals surface area contributed by atoms with Crippen LogP contribution in [-0.4, -0.2) is 22.1 Å². The van der Waals surface area contributed by atoms with Crippen LogP contribution in [0.4, 0.5) is 5.00 Å². The van der Waals surface area contributed by atoms with Gasteiger partial charge in [-0.2, -0.15) is 5.26 Å². The third-order valence-corrected chi connectivity index (χ3v) is 7.91. The summed E-state index contributed by atoms with van der Waals surface area (Å²) in [6.07, 6.45) is 2.98. The number of nitriles is 1. The van der Waals surface area contributed by atoms with Gasteiger partial charge in [-0.25, -0.2) is 4.98 Å². The van der Waals surface area contributed by atoms with E-state index in [0.717, 1.165) is 41.5 Å². The lowest BCUT2D eigenvalue weighted by atomic mass is 9.89. The standard InChI is InChI=1S/C30H28N4O2S2/c1-17(2)36-20-8-6-7-19(14-20)26-15-23(21-9-4-5-10-25(21)32-26)28(35)33-30(37)34-29-24(16-31)22-12-11-18(3)13-27(22)38-29/h4-10,14-15,17-18H,11-13H2,1-3H3,(H2,33,34,35,37). The maximum atomic E-state index is 13.5. The molecule has 1 amide bonds. The summed E-state index contributed by atoms with van der Waals surface area (Å²) in [4.78, 5) is 19.5. The Morgan fingerprint density at radius 2 is 2.03 bits per heavy atom. The summed E-state index contributed by atoms with van der Waals surface area (Å²) in [5.74, 6) is 0.995. The lowest BCUT2D eigenvalue weighted by Crippen LogP contribution is -2.34. The fourth-order valence-electron chi connectivity index (χ4n) is 4.77. The van der Waals surface area contributed by atoms with Crippen molar-refractivity contribution < 1.29 is 9.53 Å². The minimum Gasteiger partial charge on any atom is -0.491 e. The predicted molar refractivity (Wildman–Crippen MR) is 157 cm³/mol. The van der Waals surface area contributed by atoms with Gasteiger partial charge in [0.15, 0.2) is 5.11 Å². The molecule has 192 valence electrons. The highest BCUT2D eigenvalue weighted by Gasteiger charge is 2.25. The topological polar surface area (TPSA) is 87.0 Å². The van der Waals surface area contributed by atoms with Gasteiger partial charge >= 0.3 is 0 Å². The van der Waals surface area contributed by atoms with E-state index in [-0.39, 0.29) is 17.1 Å². The molecule has 2 aromatic heterocycles. The largest absolute Gasteiger partial charge is 0.491 e. The number of rotatable bonds is 5. The molecule has 2 aromatic carbocycles. The molecule has 0 radical (unpaired) electrons. The van der Waals surface area contributed by atoms with Crippen LogP contribution in [0.15, 0.2) is 54.6 Å². The fraction of sp³-hybridized carbons (Fsp3) is 0.267. The lowest BCUT2D eigenvalue weighted by molar-refractivity contribution is 0.0979. The van der Waals surface area contributed by atoms with Crippen LogP contribution in [0.1, 0.15) is 53.6 Å². The highest BCUT2D eigenvalue weighted by atomic mass is 32.1. The Morgan fingerprint density at radius 1 is 1.21 bits per heavy atom. The Labute approximate surface area is 231 Å². The van der Waals surface area contributed by atoms with E-state index < -0.39 is 0 Å². The molecule has 4 aromatic rings. The Hall–Kier alpha value is -3.80. The second kappa shape index (κ2) is 10.9. The lowest BCUT2D eigenvalue weighted by Gasteiger charge is -2.17. The van der Waals surface area contributed by atoms with Crippen molar-refractivity contribution in [2.24, 2.45) is 5.92 Å². The number of aromatic nitrogens is 1. The molecule has 38 heavy (non-hydrogen) atoms. The van der Waals surface area contributed by atoms with Crippen LogP contribution < -0.4 is 15.4 Å². The van der Waals surface area contributed by atoms with Gasteiger partial charge in [0.2, 0.25) is 0 Å². The van der Waals surface area contributed by atoms with Gasteiger partial charge in [-0.05, 0) is 81.1 Å². The zero-order chi connectivity index (χ0) is 26.8. The molecule has 6 nitrogen and oxygen atoms in total. The molecule has 0 aliphatic heterocycles. The second-order valence-electron chi connectivity index (χ2n) is 9.84. The number of amides is 1. The number of hydrogen-bond donors (Lipinski definition) is 2. The molecule has 5 rings (SSSR count). The van der Waals surface area contributed by atoms with E-state index in [0.29, 0.717) is 33.3 Å². The Balaban J connectivity index is 1.42. The first-order valence-electron chi connectivity index (χ1n) is 12.7. The van der Waals surface area contributed by atoms with Crippen molar-refractivity contribution in [2.75, 3.05) is 5.32 Å². The van der Waals surface area contributed by atoms with Crippen LogP contribution in [0, 0.1) is 17.2 Å². The number of carbonyl (C=O) groups is 1. The molecule has 1 aliphatic rings. The Bertz CT molecular complexity index is 1590. The number of thiophene rings is 1. The third-order valence-electron chi connectivity index (χ3n) is 6.54. The Morgan fingerprint density at radius 3 is 2.82 bits per heavy atom. The Kier molecular flexibility index (Phi) is 7.41. The van der Waals surface area contributed by atoms with Crippen molar-refractivity contribution in [3.8, 4) is 23.1 Å². The first kappa shape index (κ1) is 25.8. The normalized spacial score (nSPS) is 14.6. The molecule has 0 saturated heterocycles. The zero-order valence-corrected chi connectivity index (χ0v) is 23.1. The highest BCUT2D eigenvalue weighted by molar-refractivity contribution is 7.80. The molecule has 0 fully saturated rings. The van der Waals surface area contributed by atoms with E-state index in [1.54, 1.807) is 17.4 Å². The quantitative estimate of drug-likeness (QED) is 0.269. The highest BCUT2D eigenvalue weighted by Crippen LogP contribution is 2.39. The van der Waals surface area contributed by atoms with Gasteiger partial charge in [-0.15, -0.1) is 11.3 Å². The van der Waals surface area contributed by atoms with Crippen LogP contribution in [0.2, 0.25) is 0 Å². The molecule has 1 aliphatic carbocycles. The van der Waals surface area contributed by atoms with E-state index in [9.17, 15) is 10.1 Å². The summed E-state index contributed by atoms with van der Waals surface area (Å²) in [5, 5.41) is 17.3. The van der Waals surface area contributed by atoms with Gasteiger partial charge in [-0.3, -0.25) is 10.1 Å². The summed E-state index contributed by atoms with van der Waals surface area (Å²) in [6, 6.07) is 19.3. The first-order chi connectivity index (χ1) is 18.3. The van der Waals surface area contributed by atoms with Crippen LogP contribution >= 0.6 is 23.6 Å². The molecule has 2 heterocycles. The average molecular weight is 541 g/mol. The minimum atomic E-state index is -0.342. The number of nitrogens with zero attached hydrogens (tertiary/aromatic N) is 2. The SMILES string of the molecule is CC1CCc2c(sc(NC(=S)NC(=O)c3cc(-c4cccc(OC(C)C)c4)nc4ccccc34)c2C#N)C1. The van der Waals surface area contributed by atoms with E-state index >= 15 is 0 Å². The van der Waals surface area contributed by atoms with Crippen LogP contribution in [0.3, 0.4) is 0 Å². The van der Waals surface area contributed by atoms with E-state index in [1.165, 1.54) is 4.88 Å². The van der Waals surface area contributed by atoms with Crippen molar-refractivity contribution in [3.05, 3.63) is 76.2 Å². The number of fused-ring (bicyclic) bond motifs is 2. The molecule has 0 spiro atoms. The molecule has 0 bridgehead atoms. The van der Waals surface area contributed by atoms with Crippen LogP contribution in [0.5, 0.6) is 5.75 Å². The second-order valence-corrected chi connectivity index (χ2v) is 11.4. The molecule has 1 unspecified atom stereocenters. The summed E-state index contributed by atoms with van der Waals surface area (Å²) < 4.78 is 5.85. The van der Waals surface area contributed by atoms with Crippen molar-refractivity contribution in [2.45, 2.75) is 46.1 Å². The number of thiocarbonyl (C=S) groups is 1. The van der Waals surface area contributed by atoms with E-state index in [4.69, 9.17) is 21.9 Å². The summed E-state index contributed by atoms with van der Waals surface area (Å²) in [7, 11) is 0. The van der Waals surface area contributed by atoms with Gasteiger partial charge < -0.3 is 10.1 Å². The smallest absolute Gasteiger partial charge is 0.258 e. The van der Waals surface area contributed by atoms with Crippen molar-refractivity contribution in [3.63, 3.8) is 0 Å². The van der Waals surface area contributed by atoms with Gasteiger partial charge in [0.1, 0.15) is 16.8 Å². The van der Waals surface area contributed by atoms with Gasteiger partial charge in [0.25, 0.3) is 5.91 Å². The van der Waals surface area contributed by atoms with Gasteiger partial charge in [-0.1, -0.05) is 37.3 Å². The number of benzene rings is 2. The summed E-state index contributed by atoms with van der Waals surface area (Å²) in [5.41, 5.74) is 4.42. The monoisotopic (exact) mass is 540 g/mol. The van der Waals surface area contributed by atoms with E-state index in [2.05, 4.69) is 23.6 Å². The molecular formula is C30H28N4O2S2. The van der Waals surface area contributed by atoms with Crippen LogP contribution in [-0.2, 0) is 12.8 Å². The molecule has 0 saturated carbocycles. The number of carbonyl (C=O) groups excluding carboxylic acids is 1. The zero-order valence-electron chi connectivity index (χ0n) is 21.5. The average Bonchev–Trinajstić information content (AvgIpc) is 3.23. The minimum absolute atomic E-state index is 0.0449. The number of para-hydroxylation sites is 1. The van der Waals surface area contributed by atoms with Crippen molar-refractivity contribution >= 4 is 50.5 Å². The number of pyridine rings is 1. The number of hydrogen-bond acceptors (Lipinski definition) is 6. The van der Waals surface area contributed by atoms with Crippen molar-refractivity contribution in [1.82, 2.24) is 10.3 Å². The van der Waals surface area contributed by atoms with Crippen molar-refractivity contribution in [1.29, 1.82) is 5.26 Å². The first-order valence-corrected chi connectivity index (χ1v) is 13.9. The van der Waals surface area contributed by atoms with Crippen LogP contribution in [0.25, 0.3) is 22.2 Å². The number of ether oxygens (including phenoxy) is 1. The predicted octanol–water partition coefficient (Wildman–Crippen LogP) is 6.87. The maximum absolute atomic E-state index is 13.5. The molecule has 8 heteroatoms. The molecular weight excluding hydrogens is 512 g/mol. The third kappa shape index (κ3) is 5.40.